The number of pyridine rings is 1. The molecule has 0 spiro atoms. The largest absolute Gasteiger partial charge is 0.367 e. The van der Waals surface area contributed by atoms with Crippen molar-refractivity contribution >= 4 is 17.6 Å². The predicted octanol–water partition coefficient (Wildman–Crippen LogP) is 6.25. The summed E-state index contributed by atoms with van der Waals surface area (Å²) in [6.07, 6.45) is 12.5. The van der Waals surface area contributed by atoms with E-state index in [0.29, 0.717) is 6.04 Å². The van der Waals surface area contributed by atoms with E-state index in [1.54, 1.807) is 0 Å². The van der Waals surface area contributed by atoms with Crippen LogP contribution in [0.5, 0.6) is 0 Å². The zero-order valence-corrected chi connectivity index (χ0v) is 21.8. The van der Waals surface area contributed by atoms with E-state index in [1.807, 2.05) is 0 Å². The summed E-state index contributed by atoms with van der Waals surface area (Å²) < 4.78 is 0. The molecular weight excluding hydrogens is 418 g/mol. The topological polar surface area (TPSA) is 72.8 Å². The molecule has 4 rings (SSSR count). The minimum atomic E-state index is -0.110. The molecule has 0 bridgehead atoms. The molecule has 0 aromatic carbocycles. The van der Waals surface area contributed by atoms with Crippen molar-refractivity contribution in [3.05, 3.63) is 64.2 Å². The van der Waals surface area contributed by atoms with Crippen molar-refractivity contribution in [3.8, 4) is 0 Å². The molecule has 5 heteroatoms. The first-order chi connectivity index (χ1) is 16.0. The average Bonchev–Trinajstić information content (AvgIpc) is 3.21. The lowest BCUT2D eigenvalue weighted by Crippen LogP contribution is -2.53. The zero-order chi connectivity index (χ0) is 24.7. The molecule has 0 unspecified atom stereocenters. The number of hydrogen-bond donors (Lipinski definition) is 4. The van der Waals surface area contributed by atoms with Gasteiger partial charge < -0.3 is 21.4 Å². The summed E-state index contributed by atoms with van der Waals surface area (Å²) in [7, 11) is 0. The van der Waals surface area contributed by atoms with Crippen LogP contribution in [0.4, 0.5) is 5.82 Å². The van der Waals surface area contributed by atoms with Crippen LogP contribution >= 0.6 is 0 Å². The highest BCUT2D eigenvalue weighted by molar-refractivity contribution is 5.88. The predicted molar refractivity (Wildman–Crippen MR) is 144 cm³/mol. The SMILES string of the molecule is C=C1NC(C)=CC(C)=C1Cc1cc(C2=CC(C)(C)NC(C)(C)C2)nc(NC2CCCC2)c1C=N. The maximum Gasteiger partial charge on any atom is 0.135 e. The number of nitrogens with one attached hydrogen (secondary N) is 4. The maximum atomic E-state index is 8.29. The van der Waals surface area contributed by atoms with Gasteiger partial charge in [-0.3, -0.25) is 0 Å². The molecule has 1 aliphatic carbocycles. The van der Waals surface area contributed by atoms with Crippen molar-refractivity contribution in [1.82, 2.24) is 15.6 Å². The number of rotatable bonds is 6. The summed E-state index contributed by atoms with van der Waals surface area (Å²) >= 11 is 0. The average molecular weight is 460 g/mol. The lowest BCUT2D eigenvalue weighted by molar-refractivity contribution is 0.297. The minimum absolute atomic E-state index is 0.0162. The van der Waals surface area contributed by atoms with Crippen LogP contribution in [0.15, 0.2) is 47.3 Å². The first-order valence-corrected chi connectivity index (χ1v) is 12.6. The first-order valence-electron chi connectivity index (χ1n) is 12.6. The molecule has 3 heterocycles. The van der Waals surface area contributed by atoms with Gasteiger partial charge in [0.2, 0.25) is 0 Å². The van der Waals surface area contributed by atoms with Gasteiger partial charge in [0, 0.05) is 46.7 Å². The summed E-state index contributed by atoms with van der Waals surface area (Å²) in [6.45, 7) is 17.5. The lowest BCUT2D eigenvalue weighted by atomic mass is 9.82. The van der Waals surface area contributed by atoms with Crippen molar-refractivity contribution < 1.29 is 0 Å². The Hall–Kier alpha value is -2.66. The van der Waals surface area contributed by atoms with E-state index in [1.165, 1.54) is 48.6 Å². The molecule has 3 aliphatic rings. The second-order valence-corrected chi connectivity index (χ2v) is 11.5. The first kappa shape index (κ1) is 24.5. The number of hydrogen-bond acceptors (Lipinski definition) is 5. The Morgan fingerprint density at radius 1 is 1.21 bits per heavy atom. The Labute approximate surface area is 205 Å². The van der Waals surface area contributed by atoms with Crippen molar-refractivity contribution in [2.75, 3.05) is 5.32 Å². The Kier molecular flexibility index (Phi) is 6.61. The van der Waals surface area contributed by atoms with Crippen LogP contribution in [0, 0.1) is 5.41 Å². The number of anilines is 1. The van der Waals surface area contributed by atoms with E-state index in [2.05, 4.69) is 82.3 Å². The number of allylic oxidation sites excluding steroid dienone is 4. The van der Waals surface area contributed by atoms with E-state index in [9.17, 15) is 0 Å². The molecule has 0 amide bonds. The summed E-state index contributed by atoms with van der Waals surface area (Å²) in [5.41, 5.74) is 8.65. The molecule has 182 valence electrons. The van der Waals surface area contributed by atoms with Crippen molar-refractivity contribution in [3.63, 3.8) is 0 Å². The molecule has 0 saturated heterocycles. The quantitative estimate of drug-likeness (QED) is 0.380. The number of dihydropyridines is 1. The summed E-state index contributed by atoms with van der Waals surface area (Å²) in [4.78, 5) is 5.14. The van der Waals surface area contributed by atoms with E-state index >= 15 is 0 Å². The molecule has 4 N–H and O–H groups in total. The highest BCUT2D eigenvalue weighted by atomic mass is 15.1. The summed E-state index contributed by atoms with van der Waals surface area (Å²) in [5.74, 6) is 0.851. The van der Waals surface area contributed by atoms with Crippen LogP contribution in [-0.2, 0) is 6.42 Å². The summed E-state index contributed by atoms with van der Waals surface area (Å²) in [5, 5.41) is 19.1. The second-order valence-electron chi connectivity index (χ2n) is 11.5. The highest BCUT2D eigenvalue weighted by Gasteiger charge is 2.33. The van der Waals surface area contributed by atoms with Gasteiger partial charge in [-0.15, -0.1) is 0 Å². The van der Waals surface area contributed by atoms with Crippen molar-refractivity contribution in [2.45, 2.75) is 97.2 Å². The molecule has 1 aromatic heterocycles. The Morgan fingerprint density at radius 3 is 2.53 bits per heavy atom. The fourth-order valence-electron chi connectivity index (χ4n) is 5.97. The van der Waals surface area contributed by atoms with E-state index < -0.39 is 0 Å². The van der Waals surface area contributed by atoms with Gasteiger partial charge in [-0.25, -0.2) is 4.98 Å². The lowest BCUT2D eigenvalue weighted by Gasteiger charge is -2.41. The molecule has 34 heavy (non-hydrogen) atoms. The van der Waals surface area contributed by atoms with Crippen molar-refractivity contribution in [1.29, 1.82) is 5.41 Å². The Morgan fingerprint density at radius 2 is 1.91 bits per heavy atom. The molecule has 1 aromatic rings. The zero-order valence-electron chi connectivity index (χ0n) is 21.8. The van der Waals surface area contributed by atoms with Gasteiger partial charge >= 0.3 is 0 Å². The third-order valence-electron chi connectivity index (χ3n) is 7.13. The Bertz CT molecular complexity index is 1090. The van der Waals surface area contributed by atoms with E-state index in [-0.39, 0.29) is 11.1 Å². The van der Waals surface area contributed by atoms with Crippen LogP contribution < -0.4 is 16.0 Å². The van der Waals surface area contributed by atoms with Crippen LogP contribution in [0.3, 0.4) is 0 Å². The van der Waals surface area contributed by atoms with E-state index in [4.69, 9.17) is 10.4 Å². The van der Waals surface area contributed by atoms with Crippen molar-refractivity contribution in [2.24, 2.45) is 0 Å². The monoisotopic (exact) mass is 459 g/mol. The minimum Gasteiger partial charge on any atom is -0.367 e. The summed E-state index contributed by atoms with van der Waals surface area (Å²) in [6, 6.07) is 2.64. The molecule has 5 nitrogen and oxygen atoms in total. The van der Waals surface area contributed by atoms with Gasteiger partial charge in [-0.05, 0) is 95.2 Å². The molecular formula is C29H41N5. The normalized spacial score (nSPS) is 22.2. The molecule has 1 fully saturated rings. The van der Waals surface area contributed by atoms with E-state index in [0.717, 1.165) is 46.9 Å². The fraction of sp³-hybridized carbons (Fsp3) is 0.517. The molecule has 0 atom stereocenters. The van der Waals surface area contributed by atoms with Gasteiger partial charge in [0.05, 0.1) is 5.69 Å². The number of aromatic nitrogens is 1. The van der Waals surface area contributed by atoms with Gasteiger partial charge in [0.1, 0.15) is 5.82 Å². The standard InChI is InChI=1S/C29H41N5/c1-18-12-19(2)31-20(3)24(18)13-21-14-26(22-15-28(4,5)34-29(6,7)16-22)33-27(25(21)17-30)32-23-10-8-9-11-23/h12,14-15,17,23,30-31,34H,3,8-11,13,16H2,1-2,4-7H3,(H,32,33). The van der Waals surface area contributed by atoms with Crippen LogP contribution in [0.1, 0.15) is 90.5 Å². The molecule has 1 saturated carbocycles. The smallest absolute Gasteiger partial charge is 0.135 e. The van der Waals surface area contributed by atoms with Gasteiger partial charge in [-0.2, -0.15) is 0 Å². The molecule has 2 aliphatic heterocycles. The van der Waals surface area contributed by atoms with Crippen LogP contribution in [-0.4, -0.2) is 28.3 Å². The maximum absolute atomic E-state index is 8.29. The molecule has 0 radical (unpaired) electrons. The second kappa shape index (κ2) is 9.18. The van der Waals surface area contributed by atoms with Crippen LogP contribution in [0.2, 0.25) is 0 Å². The van der Waals surface area contributed by atoms with Gasteiger partial charge in [0.25, 0.3) is 0 Å². The Balaban J connectivity index is 1.83. The third-order valence-corrected chi connectivity index (χ3v) is 7.13. The van der Waals surface area contributed by atoms with Gasteiger partial charge in [0.15, 0.2) is 0 Å². The third kappa shape index (κ3) is 5.35. The number of nitrogens with zero attached hydrogens (tertiary/aromatic N) is 1. The fourth-order valence-corrected chi connectivity index (χ4v) is 5.97. The van der Waals surface area contributed by atoms with Crippen LogP contribution in [0.25, 0.3) is 5.57 Å². The van der Waals surface area contributed by atoms with Gasteiger partial charge in [-0.1, -0.05) is 25.5 Å². The highest BCUT2D eigenvalue weighted by Crippen LogP contribution is 2.36.